The Bertz CT molecular complexity index is 584. The zero-order chi connectivity index (χ0) is 15.2. The van der Waals surface area contributed by atoms with E-state index < -0.39 is 0 Å². The Morgan fingerprint density at radius 2 is 2.24 bits per heavy atom. The standard InChI is InChI=1S/C15H20ClN3O2/c1-3-5-13-18-14(21-19-13)9-20-15-11(8-10(2)17)6-4-7-12(15)16/h4,6-7,10H,3,5,8-9,17H2,1-2H3. The number of halogens is 1. The molecular formula is C15H20ClN3O2. The maximum Gasteiger partial charge on any atom is 0.264 e. The molecule has 0 saturated heterocycles. The maximum atomic E-state index is 6.20. The van der Waals surface area contributed by atoms with Gasteiger partial charge in [0.15, 0.2) is 12.4 Å². The Balaban J connectivity index is 2.07. The van der Waals surface area contributed by atoms with E-state index in [2.05, 4.69) is 17.1 Å². The lowest BCUT2D eigenvalue weighted by atomic mass is 10.1. The summed E-state index contributed by atoms with van der Waals surface area (Å²) >= 11 is 6.20. The number of hydrogen-bond acceptors (Lipinski definition) is 5. The molecule has 5 nitrogen and oxygen atoms in total. The van der Waals surface area contributed by atoms with Gasteiger partial charge in [0.1, 0.15) is 5.75 Å². The molecule has 1 heterocycles. The normalized spacial score (nSPS) is 12.4. The Labute approximate surface area is 129 Å². The minimum absolute atomic E-state index is 0.0328. The molecule has 0 radical (unpaired) electrons. The van der Waals surface area contributed by atoms with E-state index in [1.165, 1.54) is 0 Å². The molecule has 114 valence electrons. The van der Waals surface area contributed by atoms with Crippen LogP contribution in [0.4, 0.5) is 0 Å². The van der Waals surface area contributed by atoms with Crippen LogP contribution in [0.15, 0.2) is 22.7 Å². The van der Waals surface area contributed by atoms with Gasteiger partial charge in [0, 0.05) is 12.5 Å². The summed E-state index contributed by atoms with van der Waals surface area (Å²) in [5, 5.41) is 4.45. The molecule has 2 rings (SSSR count). The number of ether oxygens (including phenoxy) is 1. The fourth-order valence-corrected chi connectivity index (χ4v) is 2.28. The lowest BCUT2D eigenvalue weighted by Crippen LogP contribution is -2.18. The molecule has 0 bridgehead atoms. The first-order valence-corrected chi connectivity index (χ1v) is 7.45. The molecule has 1 atom stereocenters. The SMILES string of the molecule is CCCc1noc(COc2c(Cl)cccc2CC(C)N)n1. The molecule has 0 amide bonds. The van der Waals surface area contributed by atoms with Gasteiger partial charge in [-0.25, -0.2) is 0 Å². The molecule has 1 unspecified atom stereocenters. The third-order valence-electron chi connectivity index (χ3n) is 2.91. The molecular weight excluding hydrogens is 290 g/mol. The van der Waals surface area contributed by atoms with E-state index in [0.29, 0.717) is 28.9 Å². The number of nitrogens with two attached hydrogens (primary N) is 1. The van der Waals surface area contributed by atoms with Gasteiger partial charge in [-0.05, 0) is 31.4 Å². The molecule has 0 aliphatic carbocycles. The second-order valence-electron chi connectivity index (χ2n) is 5.05. The van der Waals surface area contributed by atoms with Crippen LogP contribution in [0.1, 0.15) is 37.5 Å². The summed E-state index contributed by atoms with van der Waals surface area (Å²) in [6, 6.07) is 5.67. The number of para-hydroxylation sites is 1. The van der Waals surface area contributed by atoms with E-state index in [1.54, 1.807) is 6.07 Å². The molecule has 0 fully saturated rings. The predicted octanol–water partition coefficient (Wildman–Crippen LogP) is 3.14. The second-order valence-corrected chi connectivity index (χ2v) is 5.46. The number of benzene rings is 1. The quantitative estimate of drug-likeness (QED) is 0.850. The smallest absolute Gasteiger partial charge is 0.264 e. The number of aromatic nitrogens is 2. The van der Waals surface area contributed by atoms with Crippen LogP contribution in [-0.4, -0.2) is 16.2 Å². The molecule has 2 N–H and O–H groups in total. The molecule has 0 saturated carbocycles. The largest absolute Gasteiger partial charge is 0.482 e. The summed E-state index contributed by atoms with van der Waals surface area (Å²) in [5.74, 6) is 1.78. The van der Waals surface area contributed by atoms with Gasteiger partial charge in [-0.1, -0.05) is 35.8 Å². The highest BCUT2D eigenvalue weighted by Crippen LogP contribution is 2.30. The van der Waals surface area contributed by atoms with E-state index in [1.807, 2.05) is 19.1 Å². The van der Waals surface area contributed by atoms with E-state index in [0.717, 1.165) is 18.4 Å². The summed E-state index contributed by atoms with van der Waals surface area (Å²) in [6.07, 6.45) is 2.47. The second kappa shape index (κ2) is 7.43. The third kappa shape index (κ3) is 4.44. The van der Waals surface area contributed by atoms with Gasteiger partial charge in [-0.2, -0.15) is 4.98 Å². The van der Waals surface area contributed by atoms with E-state index in [4.69, 9.17) is 26.6 Å². The molecule has 0 aliphatic heterocycles. The van der Waals surface area contributed by atoms with Gasteiger partial charge in [-0.15, -0.1) is 0 Å². The molecule has 0 spiro atoms. The summed E-state index contributed by atoms with van der Waals surface area (Å²) in [5.41, 5.74) is 6.83. The summed E-state index contributed by atoms with van der Waals surface area (Å²) in [7, 11) is 0. The van der Waals surface area contributed by atoms with Crippen molar-refractivity contribution >= 4 is 11.6 Å². The van der Waals surface area contributed by atoms with Crippen LogP contribution in [0.2, 0.25) is 5.02 Å². The minimum Gasteiger partial charge on any atom is -0.482 e. The zero-order valence-corrected chi connectivity index (χ0v) is 13.1. The zero-order valence-electron chi connectivity index (χ0n) is 12.3. The lowest BCUT2D eigenvalue weighted by molar-refractivity contribution is 0.240. The van der Waals surface area contributed by atoms with Crippen molar-refractivity contribution < 1.29 is 9.26 Å². The van der Waals surface area contributed by atoms with Crippen LogP contribution < -0.4 is 10.5 Å². The van der Waals surface area contributed by atoms with Crippen LogP contribution in [-0.2, 0) is 19.4 Å². The van der Waals surface area contributed by atoms with Crippen molar-refractivity contribution in [3.63, 3.8) is 0 Å². The van der Waals surface area contributed by atoms with Crippen molar-refractivity contribution in [2.24, 2.45) is 5.73 Å². The summed E-state index contributed by atoms with van der Waals surface area (Å²) < 4.78 is 10.9. The fourth-order valence-electron chi connectivity index (χ4n) is 2.03. The van der Waals surface area contributed by atoms with E-state index >= 15 is 0 Å². The average molecular weight is 310 g/mol. The Kier molecular flexibility index (Phi) is 5.59. The first kappa shape index (κ1) is 15.8. The lowest BCUT2D eigenvalue weighted by Gasteiger charge is -2.13. The number of nitrogens with zero attached hydrogens (tertiary/aromatic N) is 2. The summed E-state index contributed by atoms with van der Waals surface area (Å²) in [6.45, 7) is 4.21. The van der Waals surface area contributed by atoms with Crippen molar-refractivity contribution in [3.8, 4) is 5.75 Å². The first-order chi connectivity index (χ1) is 10.1. The molecule has 1 aromatic heterocycles. The van der Waals surface area contributed by atoms with E-state index in [-0.39, 0.29) is 12.6 Å². The van der Waals surface area contributed by atoms with Crippen molar-refractivity contribution in [2.75, 3.05) is 0 Å². The van der Waals surface area contributed by atoms with Crippen LogP contribution in [0.25, 0.3) is 0 Å². The summed E-state index contributed by atoms with van der Waals surface area (Å²) in [4.78, 5) is 4.26. The minimum atomic E-state index is 0.0328. The first-order valence-electron chi connectivity index (χ1n) is 7.07. The van der Waals surface area contributed by atoms with Crippen LogP contribution >= 0.6 is 11.6 Å². The highest BCUT2D eigenvalue weighted by atomic mass is 35.5. The van der Waals surface area contributed by atoms with Crippen molar-refractivity contribution in [2.45, 2.75) is 45.8 Å². The topological polar surface area (TPSA) is 74.2 Å². The highest BCUT2D eigenvalue weighted by Gasteiger charge is 2.12. The molecule has 0 aliphatic rings. The van der Waals surface area contributed by atoms with Crippen molar-refractivity contribution in [1.82, 2.24) is 10.1 Å². The number of aryl methyl sites for hydroxylation is 1. The molecule has 1 aromatic carbocycles. The Morgan fingerprint density at radius 3 is 2.95 bits per heavy atom. The van der Waals surface area contributed by atoms with Gasteiger partial charge < -0.3 is 15.0 Å². The van der Waals surface area contributed by atoms with Gasteiger partial charge in [0.25, 0.3) is 5.89 Å². The molecule has 6 heteroatoms. The Hall–Kier alpha value is -1.59. The fraction of sp³-hybridized carbons (Fsp3) is 0.467. The van der Waals surface area contributed by atoms with E-state index in [9.17, 15) is 0 Å². The third-order valence-corrected chi connectivity index (χ3v) is 3.21. The van der Waals surface area contributed by atoms with Crippen molar-refractivity contribution in [3.05, 3.63) is 40.5 Å². The van der Waals surface area contributed by atoms with Gasteiger partial charge >= 0.3 is 0 Å². The highest BCUT2D eigenvalue weighted by molar-refractivity contribution is 6.32. The van der Waals surface area contributed by atoms with Gasteiger partial charge in [-0.3, -0.25) is 0 Å². The molecule has 21 heavy (non-hydrogen) atoms. The van der Waals surface area contributed by atoms with Crippen LogP contribution in [0.3, 0.4) is 0 Å². The predicted molar refractivity (Wildman–Crippen MR) is 81.4 cm³/mol. The van der Waals surface area contributed by atoms with Gasteiger partial charge in [0.2, 0.25) is 0 Å². The number of hydrogen-bond donors (Lipinski definition) is 1. The maximum absolute atomic E-state index is 6.20. The van der Waals surface area contributed by atoms with Crippen LogP contribution in [0.5, 0.6) is 5.75 Å². The monoisotopic (exact) mass is 309 g/mol. The van der Waals surface area contributed by atoms with Gasteiger partial charge in [0.05, 0.1) is 5.02 Å². The average Bonchev–Trinajstić information content (AvgIpc) is 2.86. The van der Waals surface area contributed by atoms with Crippen molar-refractivity contribution in [1.29, 1.82) is 0 Å². The molecule has 2 aromatic rings. The number of rotatable bonds is 7. The Morgan fingerprint density at radius 1 is 1.43 bits per heavy atom. The van der Waals surface area contributed by atoms with Crippen LogP contribution in [0, 0.1) is 0 Å².